The molecule has 2 saturated heterocycles. The predicted octanol–water partition coefficient (Wildman–Crippen LogP) is 3.18. The van der Waals surface area contributed by atoms with Crippen molar-refractivity contribution in [1.29, 1.82) is 0 Å². The predicted molar refractivity (Wildman–Crippen MR) is 79.9 cm³/mol. The van der Waals surface area contributed by atoms with Crippen molar-refractivity contribution in [3.05, 3.63) is 30.3 Å². The average Bonchev–Trinajstić information content (AvgIpc) is 2.80. The summed E-state index contributed by atoms with van der Waals surface area (Å²) >= 11 is 0. The number of rotatable bonds is 1. The van der Waals surface area contributed by atoms with Gasteiger partial charge in [-0.3, -0.25) is 4.79 Å². The molecule has 0 aromatic heterocycles. The molecule has 3 amide bonds. The van der Waals surface area contributed by atoms with Gasteiger partial charge in [0, 0.05) is 6.04 Å². The molecule has 3 atom stereocenters. The molecule has 0 bridgehead atoms. The number of para-hydroxylation sites is 1. The van der Waals surface area contributed by atoms with Crippen LogP contribution in [0.2, 0.25) is 0 Å². The van der Waals surface area contributed by atoms with Crippen LogP contribution < -0.4 is 4.90 Å². The van der Waals surface area contributed by atoms with E-state index >= 15 is 0 Å². The standard InChI is InChI=1S/C17H20N2O2/c20-16-15-11-10-12-6-4-5-9-14(12)19(15)17(21)18(16)13-7-2-1-3-8-13/h1-3,7-8,12,14-15H,4-6,9-11H2. The molecule has 3 unspecified atom stereocenters. The Bertz CT molecular complexity index is 571. The molecule has 2 aliphatic heterocycles. The largest absolute Gasteiger partial charge is 0.332 e. The number of benzene rings is 1. The van der Waals surface area contributed by atoms with Crippen molar-refractivity contribution >= 4 is 17.6 Å². The van der Waals surface area contributed by atoms with Crippen molar-refractivity contribution in [2.75, 3.05) is 4.90 Å². The number of anilines is 1. The van der Waals surface area contributed by atoms with E-state index in [4.69, 9.17) is 0 Å². The number of fused-ring (bicyclic) bond motifs is 3. The van der Waals surface area contributed by atoms with E-state index in [0.29, 0.717) is 11.6 Å². The first-order chi connectivity index (χ1) is 10.3. The molecule has 2 heterocycles. The summed E-state index contributed by atoms with van der Waals surface area (Å²) in [5.41, 5.74) is 0.703. The number of urea groups is 1. The highest BCUT2D eigenvalue weighted by molar-refractivity contribution is 6.21. The normalized spacial score (nSPS) is 32.1. The van der Waals surface area contributed by atoms with Gasteiger partial charge in [0.15, 0.2) is 0 Å². The number of nitrogens with zero attached hydrogens (tertiary/aromatic N) is 2. The summed E-state index contributed by atoms with van der Waals surface area (Å²) in [5, 5.41) is 0. The minimum Gasteiger partial charge on any atom is -0.309 e. The van der Waals surface area contributed by atoms with Gasteiger partial charge in [0.1, 0.15) is 6.04 Å². The number of hydrogen-bond acceptors (Lipinski definition) is 2. The number of hydrogen-bond donors (Lipinski definition) is 0. The molecule has 4 nitrogen and oxygen atoms in total. The molecule has 0 radical (unpaired) electrons. The fraction of sp³-hybridized carbons (Fsp3) is 0.529. The van der Waals surface area contributed by atoms with Crippen LogP contribution in [0.4, 0.5) is 10.5 Å². The van der Waals surface area contributed by atoms with Crippen molar-refractivity contribution in [3.63, 3.8) is 0 Å². The number of carbonyl (C=O) groups is 2. The van der Waals surface area contributed by atoms with Gasteiger partial charge in [0.05, 0.1) is 5.69 Å². The molecule has 1 aromatic rings. The van der Waals surface area contributed by atoms with Gasteiger partial charge in [0.25, 0.3) is 5.91 Å². The molecule has 3 aliphatic rings. The molecule has 0 spiro atoms. The minimum atomic E-state index is -0.225. The summed E-state index contributed by atoms with van der Waals surface area (Å²) in [6.45, 7) is 0. The molecule has 0 N–H and O–H groups in total. The molecule has 110 valence electrons. The van der Waals surface area contributed by atoms with Crippen LogP contribution in [0.1, 0.15) is 38.5 Å². The zero-order chi connectivity index (χ0) is 14.4. The zero-order valence-electron chi connectivity index (χ0n) is 12.1. The van der Waals surface area contributed by atoms with Crippen LogP contribution in [0, 0.1) is 5.92 Å². The van der Waals surface area contributed by atoms with Crippen molar-refractivity contribution in [1.82, 2.24) is 4.90 Å². The molecular weight excluding hydrogens is 264 g/mol. The van der Waals surface area contributed by atoms with Crippen LogP contribution in [-0.2, 0) is 4.79 Å². The highest BCUT2D eigenvalue weighted by Crippen LogP contribution is 2.42. The Balaban J connectivity index is 1.69. The lowest BCUT2D eigenvalue weighted by Crippen LogP contribution is -2.52. The van der Waals surface area contributed by atoms with E-state index in [1.165, 1.54) is 24.2 Å². The smallest absolute Gasteiger partial charge is 0.309 e. The Morgan fingerprint density at radius 3 is 2.48 bits per heavy atom. The second-order valence-corrected chi connectivity index (χ2v) is 6.40. The van der Waals surface area contributed by atoms with Crippen molar-refractivity contribution in [3.8, 4) is 0 Å². The van der Waals surface area contributed by atoms with E-state index in [1.807, 2.05) is 35.2 Å². The Hall–Kier alpha value is -1.84. The van der Waals surface area contributed by atoms with Gasteiger partial charge in [-0.25, -0.2) is 9.69 Å². The first-order valence-electron chi connectivity index (χ1n) is 7.98. The SMILES string of the molecule is O=C1C2CCC3CCCCC3N2C(=O)N1c1ccccc1. The summed E-state index contributed by atoms with van der Waals surface area (Å²) in [6, 6.07) is 9.28. The Morgan fingerprint density at radius 2 is 1.67 bits per heavy atom. The summed E-state index contributed by atoms with van der Waals surface area (Å²) < 4.78 is 0. The summed E-state index contributed by atoms with van der Waals surface area (Å²) in [6.07, 6.45) is 6.63. The molecule has 4 heteroatoms. The first kappa shape index (κ1) is 12.9. The zero-order valence-corrected chi connectivity index (χ0v) is 12.1. The van der Waals surface area contributed by atoms with Crippen LogP contribution in [-0.4, -0.2) is 28.9 Å². The number of amides is 3. The third kappa shape index (κ3) is 1.88. The average molecular weight is 284 g/mol. The van der Waals surface area contributed by atoms with Gasteiger partial charge in [-0.05, 0) is 43.7 Å². The monoisotopic (exact) mass is 284 g/mol. The van der Waals surface area contributed by atoms with Crippen LogP contribution in [0.5, 0.6) is 0 Å². The first-order valence-corrected chi connectivity index (χ1v) is 7.98. The summed E-state index contributed by atoms with van der Waals surface area (Å²) in [5.74, 6) is 0.567. The molecular formula is C17H20N2O2. The second kappa shape index (κ2) is 4.86. The summed E-state index contributed by atoms with van der Waals surface area (Å²) in [4.78, 5) is 28.8. The summed E-state index contributed by atoms with van der Waals surface area (Å²) in [7, 11) is 0. The molecule has 1 saturated carbocycles. The third-order valence-electron chi connectivity index (χ3n) is 5.30. The lowest BCUT2D eigenvalue weighted by molar-refractivity contribution is -0.121. The Labute approximate surface area is 124 Å². The second-order valence-electron chi connectivity index (χ2n) is 6.40. The number of carbonyl (C=O) groups excluding carboxylic acids is 2. The fourth-order valence-corrected chi connectivity index (χ4v) is 4.32. The van der Waals surface area contributed by atoms with Crippen molar-refractivity contribution in [2.45, 2.75) is 50.6 Å². The van der Waals surface area contributed by atoms with E-state index in [9.17, 15) is 9.59 Å². The fourth-order valence-electron chi connectivity index (χ4n) is 4.32. The van der Waals surface area contributed by atoms with Gasteiger partial charge in [0.2, 0.25) is 0 Å². The maximum Gasteiger partial charge on any atom is 0.332 e. The minimum absolute atomic E-state index is 0.0322. The topological polar surface area (TPSA) is 40.6 Å². The number of imide groups is 1. The molecule has 4 rings (SSSR count). The van der Waals surface area contributed by atoms with Crippen molar-refractivity contribution in [2.24, 2.45) is 5.92 Å². The van der Waals surface area contributed by atoms with Gasteiger partial charge in [-0.1, -0.05) is 31.0 Å². The quantitative estimate of drug-likeness (QED) is 0.743. The van der Waals surface area contributed by atoms with Crippen LogP contribution in [0.15, 0.2) is 30.3 Å². The lowest BCUT2D eigenvalue weighted by Gasteiger charge is -2.43. The third-order valence-corrected chi connectivity index (χ3v) is 5.30. The Kier molecular flexibility index (Phi) is 2.98. The van der Waals surface area contributed by atoms with Crippen LogP contribution >= 0.6 is 0 Å². The van der Waals surface area contributed by atoms with E-state index in [-0.39, 0.29) is 24.0 Å². The maximum absolute atomic E-state index is 12.8. The molecule has 1 aromatic carbocycles. The van der Waals surface area contributed by atoms with Crippen molar-refractivity contribution < 1.29 is 9.59 Å². The maximum atomic E-state index is 12.8. The Morgan fingerprint density at radius 1 is 0.905 bits per heavy atom. The van der Waals surface area contributed by atoms with Crippen LogP contribution in [0.3, 0.4) is 0 Å². The van der Waals surface area contributed by atoms with Gasteiger partial charge < -0.3 is 4.90 Å². The van der Waals surface area contributed by atoms with E-state index < -0.39 is 0 Å². The molecule has 1 aliphatic carbocycles. The van der Waals surface area contributed by atoms with Gasteiger partial charge in [-0.2, -0.15) is 0 Å². The van der Waals surface area contributed by atoms with E-state index in [1.54, 1.807) is 0 Å². The lowest BCUT2D eigenvalue weighted by atomic mass is 9.77. The van der Waals surface area contributed by atoms with Gasteiger partial charge >= 0.3 is 6.03 Å². The highest BCUT2D eigenvalue weighted by Gasteiger charge is 2.52. The van der Waals surface area contributed by atoms with E-state index in [0.717, 1.165) is 19.3 Å². The molecule has 3 fully saturated rings. The van der Waals surface area contributed by atoms with Gasteiger partial charge in [-0.15, -0.1) is 0 Å². The van der Waals surface area contributed by atoms with E-state index in [2.05, 4.69) is 0 Å². The molecule has 21 heavy (non-hydrogen) atoms. The number of piperidine rings is 1. The highest BCUT2D eigenvalue weighted by atomic mass is 16.2. The van der Waals surface area contributed by atoms with Crippen LogP contribution in [0.25, 0.3) is 0 Å².